The quantitative estimate of drug-likeness (QED) is 0.866. The Morgan fingerprint density at radius 3 is 2.52 bits per heavy atom. The van der Waals surface area contributed by atoms with Gasteiger partial charge in [0.25, 0.3) is 5.91 Å². The van der Waals surface area contributed by atoms with E-state index in [1.165, 1.54) is 39.8 Å². The largest absolute Gasteiger partial charge is 0.495 e. The van der Waals surface area contributed by atoms with Crippen molar-refractivity contribution in [3.05, 3.63) is 23.8 Å². The van der Waals surface area contributed by atoms with Crippen LogP contribution in [0.1, 0.15) is 43.5 Å². The van der Waals surface area contributed by atoms with Gasteiger partial charge in [0.05, 0.1) is 7.11 Å². The Bertz CT molecular complexity index is 731. The summed E-state index contributed by atoms with van der Waals surface area (Å²) in [5.74, 6) is 0.953. The monoisotopic (exact) mass is 368 g/mol. The number of ether oxygens (including phenoxy) is 1. The minimum Gasteiger partial charge on any atom is -0.495 e. The molecule has 140 valence electrons. The van der Waals surface area contributed by atoms with Crippen LogP contribution in [0.25, 0.3) is 0 Å². The summed E-state index contributed by atoms with van der Waals surface area (Å²) in [6, 6.07) is 4.63. The number of sulfonamides is 1. The molecule has 7 heteroatoms. The van der Waals surface area contributed by atoms with Crippen LogP contribution in [0.4, 0.5) is 0 Å². The van der Waals surface area contributed by atoms with Crippen LogP contribution in [-0.4, -0.2) is 45.9 Å². The number of nitrogens with zero attached hydrogens (tertiary/aromatic N) is 1. The summed E-state index contributed by atoms with van der Waals surface area (Å²) in [6.45, 7) is 4.36. The fourth-order valence-corrected chi connectivity index (χ4v) is 4.33. The van der Waals surface area contributed by atoms with Gasteiger partial charge in [0.1, 0.15) is 10.6 Å². The third-order valence-electron chi connectivity index (χ3n) is 5.21. The molecule has 1 amide bonds. The van der Waals surface area contributed by atoms with Crippen LogP contribution in [0.2, 0.25) is 0 Å². The van der Waals surface area contributed by atoms with Gasteiger partial charge in [-0.2, -0.15) is 0 Å². The summed E-state index contributed by atoms with van der Waals surface area (Å²) >= 11 is 0. The fourth-order valence-electron chi connectivity index (χ4n) is 3.25. The van der Waals surface area contributed by atoms with E-state index in [1.807, 2.05) is 0 Å². The molecule has 0 spiro atoms. The molecular weight excluding hydrogens is 340 g/mol. The third kappa shape index (κ3) is 4.15. The summed E-state index contributed by atoms with van der Waals surface area (Å²) in [5, 5.41) is 3.07. The third-order valence-corrected chi connectivity index (χ3v) is 7.04. The van der Waals surface area contributed by atoms with Gasteiger partial charge in [0, 0.05) is 25.7 Å². The average Bonchev–Trinajstić information content (AvgIpc) is 2.58. The zero-order valence-electron chi connectivity index (χ0n) is 15.6. The number of methoxy groups -OCH3 is 1. The maximum absolute atomic E-state index is 12.7. The number of amides is 1. The van der Waals surface area contributed by atoms with Gasteiger partial charge in [-0.05, 0) is 36.5 Å². The maximum Gasteiger partial charge on any atom is 0.251 e. The van der Waals surface area contributed by atoms with Crippen LogP contribution in [0.3, 0.4) is 0 Å². The molecule has 0 aromatic heterocycles. The number of rotatable bonds is 5. The van der Waals surface area contributed by atoms with Crippen LogP contribution < -0.4 is 10.1 Å². The number of nitrogens with one attached hydrogen (secondary N) is 1. The van der Waals surface area contributed by atoms with Crippen molar-refractivity contribution < 1.29 is 17.9 Å². The minimum atomic E-state index is -3.70. The zero-order valence-corrected chi connectivity index (χ0v) is 16.4. The van der Waals surface area contributed by atoms with Crippen LogP contribution in [-0.2, 0) is 10.0 Å². The van der Waals surface area contributed by atoms with Gasteiger partial charge in [0.2, 0.25) is 10.0 Å². The molecule has 3 atom stereocenters. The summed E-state index contributed by atoms with van der Waals surface area (Å²) in [4.78, 5) is 12.7. The molecule has 1 N–H and O–H groups in total. The minimum absolute atomic E-state index is 0.00212. The molecule has 1 aliphatic carbocycles. The Morgan fingerprint density at radius 1 is 1.24 bits per heavy atom. The molecule has 25 heavy (non-hydrogen) atoms. The van der Waals surface area contributed by atoms with Gasteiger partial charge >= 0.3 is 0 Å². The van der Waals surface area contributed by atoms with Crippen LogP contribution in [0, 0.1) is 11.8 Å². The number of carbonyl (C=O) groups is 1. The molecule has 1 fully saturated rings. The highest BCUT2D eigenvalue weighted by molar-refractivity contribution is 7.89. The SMILES string of the molecule is COc1ccc(C(=O)NC2CCCC(C)C2C)cc1S(=O)(=O)N(C)C. The van der Waals surface area contributed by atoms with E-state index in [9.17, 15) is 13.2 Å². The van der Waals surface area contributed by atoms with Gasteiger partial charge in [-0.25, -0.2) is 12.7 Å². The molecule has 0 aliphatic heterocycles. The molecule has 1 aromatic rings. The highest BCUT2D eigenvalue weighted by Gasteiger charge is 2.29. The van der Waals surface area contributed by atoms with E-state index >= 15 is 0 Å². The van der Waals surface area contributed by atoms with E-state index in [1.54, 1.807) is 6.07 Å². The molecular formula is C18H28N2O4S. The summed E-state index contributed by atoms with van der Waals surface area (Å²) in [5.41, 5.74) is 0.326. The second kappa shape index (κ2) is 7.74. The maximum atomic E-state index is 12.7. The summed E-state index contributed by atoms with van der Waals surface area (Å²) in [6.07, 6.45) is 3.23. The van der Waals surface area contributed by atoms with Crippen molar-refractivity contribution in [2.75, 3.05) is 21.2 Å². The second-order valence-corrected chi connectivity index (χ2v) is 9.12. The van der Waals surface area contributed by atoms with Gasteiger partial charge in [-0.15, -0.1) is 0 Å². The van der Waals surface area contributed by atoms with E-state index in [0.29, 0.717) is 17.4 Å². The standard InChI is InChI=1S/C18H28N2O4S/c1-12-7-6-8-15(13(12)2)19-18(21)14-9-10-16(24-5)17(11-14)25(22,23)20(3)4/h9-13,15H,6-8H2,1-5H3,(H,19,21). The lowest BCUT2D eigenvalue weighted by atomic mass is 9.78. The number of carbonyl (C=O) groups excluding carboxylic acids is 1. The first-order chi connectivity index (χ1) is 11.7. The molecule has 2 rings (SSSR count). The smallest absolute Gasteiger partial charge is 0.251 e. The summed E-state index contributed by atoms with van der Waals surface area (Å²) < 4.78 is 31.2. The van der Waals surface area contributed by atoms with Crippen molar-refractivity contribution in [2.45, 2.75) is 44.0 Å². The topological polar surface area (TPSA) is 75.7 Å². The Hall–Kier alpha value is -1.60. The molecule has 0 heterocycles. The normalized spacial score (nSPS) is 24.2. The van der Waals surface area contributed by atoms with E-state index in [0.717, 1.165) is 17.1 Å². The van der Waals surface area contributed by atoms with Crippen molar-refractivity contribution in [2.24, 2.45) is 11.8 Å². The highest BCUT2D eigenvalue weighted by Crippen LogP contribution is 2.30. The first-order valence-corrected chi connectivity index (χ1v) is 10.0. The zero-order chi connectivity index (χ0) is 18.8. The molecule has 0 radical (unpaired) electrons. The predicted octanol–water partition coefficient (Wildman–Crippen LogP) is 2.50. The molecule has 6 nitrogen and oxygen atoms in total. The number of hydrogen-bond acceptors (Lipinski definition) is 4. The number of benzene rings is 1. The van der Waals surface area contributed by atoms with Gasteiger partial charge in [-0.3, -0.25) is 4.79 Å². The lowest BCUT2D eigenvalue weighted by Gasteiger charge is -2.34. The summed E-state index contributed by atoms with van der Waals surface area (Å²) in [7, 11) is 0.614. The van der Waals surface area contributed by atoms with Crippen molar-refractivity contribution >= 4 is 15.9 Å². The lowest BCUT2D eigenvalue weighted by molar-refractivity contribution is 0.0891. The predicted molar refractivity (Wildman–Crippen MR) is 97.3 cm³/mol. The average molecular weight is 368 g/mol. The van der Waals surface area contributed by atoms with E-state index < -0.39 is 10.0 Å². The Labute approximate surface area is 150 Å². The molecule has 1 aliphatic rings. The second-order valence-electron chi connectivity index (χ2n) is 7.00. The Kier molecular flexibility index (Phi) is 6.11. The van der Waals surface area contributed by atoms with E-state index in [2.05, 4.69) is 19.2 Å². The first-order valence-electron chi connectivity index (χ1n) is 8.60. The first kappa shape index (κ1) is 19.7. The van der Waals surface area contributed by atoms with Crippen LogP contribution in [0.15, 0.2) is 23.1 Å². The fraction of sp³-hybridized carbons (Fsp3) is 0.611. The van der Waals surface area contributed by atoms with Crippen molar-refractivity contribution in [3.8, 4) is 5.75 Å². The molecule has 0 bridgehead atoms. The molecule has 1 aromatic carbocycles. The lowest BCUT2D eigenvalue weighted by Crippen LogP contribution is -2.43. The van der Waals surface area contributed by atoms with E-state index in [4.69, 9.17) is 4.74 Å². The molecule has 0 saturated heterocycles. The van der Waals surface area contributed by atoms with Crippen molar-refractivity contribution in [1.82, 2.24) is 9.62 Å². The van der Waals surface area contributed by atoms with E-state index in [-0.39, 0.29) is 22.6 Å². The molecule has 3 unspecified atom stereocenters. The highest BCUT2D eigenvalue weighted by atomic mass is 32.2. The van der Waals surface area contributed by atoms with Crippen LogP contribution in [0.5, 0.6) is 5.75 Å². The van der Waals surface area contributed by atoms with Crippen molar-refractivity contribution in [3.63, 3.8) is 0 Å². The number of hydrogen-bond donors (Lipinski definition) is 1. The van der Waals surface area contributed by atoms with Crippen molar-refractivity contribution in [1.29, 1.82) is 0 Å². The van der Waals surface area contributed by atoms with Gasteiger partial charge < -0.3 is 10.1 Å². The van der Waals surface area contributed by atoms with Gasteiger partial charge in [-0.1, -0.05) is 26.7 Å². The van der Waals surface area contributed by atoms with Gasteiger partial charge in [0.15, 0.2) is 0 Å². The Balaban J connectivity index is 2.29. The van der Waals surface area contributed by atoms with Crippen LogP contribution >= 0.6 is 0 Å². The Morgan fingerprint density at radius 2 is 1.92 bits per heavy atom. The molecule has 1 saturated carbocycles.